The summed E-state index contributed by atoms with van der Waals surface area (Å²) in [7, 11) is 0. The van der Waals surface area contributed by atoms with Gasteiger partial charge in [-0.3, -0.25) is 14.2 Å². The number of rotatable bonds is 5. The number of Topliss-reactive ketones (excluding diaryl/α,β-unsaturated/α-hetero) is 1. The molecule has 0 saturated carbocycles. The molecule has 0 N–H and O–H groups in total. The van der Waals surface area contributed by atoms with E-state index in [4.69, 9.17) is 0 Å². The molecule has 6 heteroatoms. The van der Waals surface area contributed by atoms with Gasteiger partial charge in [-0.15, -0.1) is 6.58 Å². The van der Waals surface area contributed by atoms with Gasteiger partial charge in [0.25, 0.3) is 5.56 Å². The van der Waals surface area contributed by atoms with Crippen LogP contribution in [0.3, 0.4) is 0 Å². The van der Waals surface area contributed by atoms with Gasteiger partial charge in [-0.1, -0.05) is 22.0 Å². The highest BCUT2D eigenvalue weighted by molar-refractivity contribution is 9.10. The summed E-state index contributed by atoms with van der Waals surface area (Å²) in [5.74, 6) is -0.110. The SMILES string of the molecule is C=CCn1c(C)cc(C(=O)Cn2cnc3ccc(Br)cc3c2=O)c1C. The van der Waals surface area contributed by atoms with E-state index >= 15 is 0 Å². The molecule has 0 unspecified atom stereocenters. The standard InChI is InChI=1S/C19H18BrN3O2/c1-4-7-23-12(2)8-15(13(23)3)18(24)10-22-11-21-17-6-5-14(20)9-16(17)19(22)25/h4-6,8-9,11H,1,7,10H2,2-3H3. The maximum atomic E-state index is 12.7. The minimum Gasteiger partial charge on any atom is -0.345 e. The number of fused-ring (bicyclic) bond motifs is 1. The first-order chi connectivity index (χ1) is 11.9. The van der Waals surface area contributed by atoms with E-state index in [1.807, 2.05) is 30.5 Å². The topological polar surface area (TPSA) is 56.9 Å². The highest BCUT2D eigenvalue weighted by Crippen LogP contribution is 2.17. The number of aromatic nitrogens is 3. The van der Waals surface area contributed by atoms with Gasteiger partial charge in [-0.2, -0.15) is 0 Å². The van der Waals surface area contributed by atoms with Gasteiger partial charge >= 0.3 is 0 Å². The highest BCUT2D eigenvalue weighted by atomic mass is 79.9. The number of halogens is 1. The minimum absolute atomic E-state index is 0.0351. The number of ketones is 1. The van der Waals surface area contributed by atoms with Crippen LogP contribution < -0.4 is 5.56 Å². The van der Waals surface area contributed by atoms with Crippen molar-refractivity contribution in [2.75, 3.05) is 0 Å². The third kappa shape index (κ3) is 3.22. The fraction of sp³-hybridized carbons (Fsp3) is 0.211. The molecular weight excluding hydrogens is 382 g/mol. The lowest BCUT2D eigenvalue weighted by atomic mass is 10.1. The fourth-order valence-electron chi connectivity index (χ4n) is 2.98. The zero-order chi connectivity index (χ0) is 18.1. The van der Waals surface area contributed by atoms with Crippen molar-refractivity contribution >= 4 is 32.6 Å². The number of carbonyl (C=O) groups is 1. The number of carbonyl (C=O) groups excluding carboxylic acids is 1. The Kier molecular flexibility index (Phi) is 4.72. The maximum absolute atomic E-state index is 12.7. The third-order valence-corrected chi connectivity index (χ3v) is 4.78. The fourth-order valence-corrected chi connectivity index (χ4v) is 3.34. The summed E-state index contributed by atoms with van der Waals surface area (Å²) < 4.78 is 4.19. The minimum atomic E-state index is -0.223. The van der Waals surface area contributed by atoms with Crippen LogP contribution in [0.5, 0.6) is 0 Å². The molecule has 0 atom stereocenters. The molecule has 3 rings (SSSR count). The van der Waals surface area contributed by atoms with Crippen molar-refractivity contribution in [2.45, 2.75) is 26.9 Å². The molecule has 0 spiro atoms. The summed E-state index contributed by atoms with van der Waals surface area (Å²) in [6.07, 6.45) is 3.23. The maximum Gasteiger partial charge on any atom is 0.261 e. The first-order valence-electron chi connectivity index (χ1n) is 7.88. The number of nitrogens with zero attached hydrogens (tertiary/aromatic N) is 3. The number of allylic oxidation sites excluding steroid dienone is 1. The Morgan fingerprint density at radius 2 is 2.08 bits per heavy atom. The zero-order valence-corrected chi connectivity index (χ0v) is 15.7. The summed E-state index contributed by atoms with van der Waals surface area (Å²) in [5, 5.41) is 0.488. The van der Waals surface area contributed by atoms with Crippen LogP contribution in [0, 0.1) is 13.8 Å². The molecule has 2 heterocycles. The Morgan fingerprint density at radius 3 is 2.80 bits per heavy atom. The summed E-state index contributed by atoms with van der Waals surface area (Å²) >= 11 is 3.36. The molecule has 128 valence electrons. The van der Waals surface area contributed by atoms with E-state index < -0.39 is 0 Å². The predicted molar refractivity (Wildman–Crippen MR) is 102 cm³/mol. The van der Waals surface area contributed by atoms with Gasteiger partial charge in [-0.05, 0) is 38.1 Å². The Bertz CT molecular complexity index is 1050. The lowest BCUT2D eigenvalue weighted by Crippen LogP contribution is -2.25. The lowest BCUT2D eigenvalue weighted by Gasteiger charge is -2.08. The van der Waals surface area contributed by atoms with Gasteiger partial charge in [0.15, 0.2) is 5.78 Å². The van der Waals surface area contributed by atoms with Crippen LogP contribution in [0.15, 0.2) is 52.5 Å². The van der Waals surface area contributed by atoms with Gasteiger partial charge in [-0.25, -0.2) is 4.98 Å². The summed E-state index contributed by atoms with van der Waals surface area (Å²) in [6, 6.07) is 7.19. The van der Waals surface area contributed by atoms with E-state index in [1.165, 1.54) is 10.9 Å². The molecule has 0 saturated heterocycles. The highest BCUT2D eigenvalue weighted by Gasteiger charge is 2.16. The number of benzene rings is 1. The molecule has 0 aliphatic rings. The van der Waals surface area contributed by atoms with Crippen LogP contribution in [-0.4, -0.2) is 19.9 Å². The van der Waals surface area contributed by atoms with Crippen LogP contribution in [0.2, 0.25) is 0 Å². The normalized spacial score (nSPS) is 11.0. The Labute approximate surface area is 153 Å². The van der Waals surface area contributed by atoms with E-state index in [9.17, 15) is 9.59 Å². The molecule has 0 aliphatic carbocycles. The zero-order valence-electron chi connectivity index (χ0n) is 14.1. The first kappa shape index (κ1) is 17.4. The summed E-state index contributed by atoms with van der Waals surface area (Å²) in [4.78, 5) is 29.6. The number of hydrogen-bond donors (Lipinski definition) is 0. The van der Waals surface area contributed by atoms with Crippen molar-refractivity contribution in [3.05, 3.63) is 75.0 Å². The Morgan fingerprint density at radius 1 is 1.32 bits per heavy atom. The van der Waals surface area contributed by atoms with Gasteiger partial charge in [0, 0.05) is 28.0 Å². The van der Waals surface area contributed by atoms with Crippen LogP contribution in [0.4, 0.5) is 0 Å². The van der Waals surface area contributed by atoms with Crippen molar-refractivity contribution in [3.8, 4) is 0 Å². The number of aryl methyl sites for hydroxylation is 1. The second-order valence-corrected chi connectivity index (χ2v) is 6.86. The molecule has 0 fully saturated rings. The molecule has 0 radical (unpaired) electrons. The predicted octanol–water partition coefficient (Wildman–Crippen LogP) is 3.65. The van der Waals surface area contributed by atoms with Crippen molar-refractivity contribution in [2.24, 2.45) is 0 Å². The molecule has 2 aromatic heterocycles. The molecule has 25 heavy (non-hydrogen) atoms. The monoisotopic (exact) mass is 399 g/mol. The van der Waals surface area contributed by atoms with Crippen LogP contribution in [-0.2, 0) is 13.1 Å². The van der Waals surface area contributed by atoms with E-state index in [2.05, 4.69) is 27.5 Å². The average molecular weight is 400 g/mol. The van der Waals surface area contributed by atoms with Crippen LogP contribution in [0.1, 0.15) is 21.7 Å². The van der Waals surface area contributed by atoms with E-state index in [0.717, 1.165) is 15.9 Å². The molecule has 1 aromatic carbocycles. The molecule has 5 nitrogen and oxygen atoms in total. The van der Waals surface area contributed by atoms with Gasteiger partial charge < -0.3 is 4.57 Å². The van der Waals surface area contributed by atoms with Crippen molar-refractivity contribution in [1.82, 2.24) is 14.1 Å². The molecular formula is C19H18BrN3O2. The smallest absolute Gasteiger partial charge is 0.261 e. The van der Waals surface area contributed by atoms with E-state index in [1.54, 1.807) is 18.2 Å². The Hall–Kier alpha value is -2.47. The van der Waals surface area contributed by atoms with Gasteiger partial charge in [0.05, 0.1) is 23.8 Å². The van der Waals surface area contributed by atoms with Gasteiger partial charge in [0.2, 0.25) is 0 Å². The van der Waals surface area contributed by atoms with Crippen LogP contribution >= 0.6 is 15.9 Å². The molecule has 0 aliphatic heterocycles. The Balaban J connectivity index is 1.98. The van der Waals surface area contributed by atoms with Crippen molar-refractivity contribution < 1.29 is 4.79 Å². The second kappa shape index (κ2) is 6.80. The largest absolute Gasteiger partial charge is 0.345 e. The molecule has 0 amide bonds. The van der Waals surface area contributed by atoms with Gasteiger partial charge in [0.1, 0.15) is 0 Å². The molecule has 3 aromatic rings. The molecule has 0 bridgehead atoms. The van der Waals surface area contributed by atoms with E-state index in [-0.39, 0.29) is 17.9 Å². The lowest BCUT2D eigenvalue weighted by molar-refractivity contribution is 0.0970. The van der Waals surface area contributed by atoms with Crippen molar-refractivity contribution in [1.29, 1.82) is 0 Å². The van der Waals surface area contributed by atoms with E-state index in [0.29, 0.717) is 23.0 Å². The van der Waals surface area contributed by atoms with Crippen molar-refractivity contribution in [3.63, 3.8) is 0 Å². The first-order valence-corrected chi connectivity index (χ1v) is 8.67. The summed E-state index contributed by atoms with van der Waals surface area (Å²) in [5.41, 5.74) is 2.89. The van der Waals surface area contributed by atoms with Crippen LogP contribution in [0.25, 0.3) is 10.9 Å². The average Bonchev–Trinajstić information content (AvgIpc) is 2.86. The summed E-state index contributed by atoms with van der Waals surface area (Å²) in [6.45, 7) is 8.22. The number of hydrogen-bond acceptors (Lipinski definition) is 3. The quantitative estimate of drug-likeness (QED) is 0.485. The second-order valence-electron chi connectivity index (χ2n) is 5.95. The third-order valence-electron chi connectivity index (χ3n) is 4.29.